The van der Waals surface area contributed by atoms with E-state index >= 15 is 0 Å². The molecule has 1 aliphatic rings. The molecule has 0 saturated carbocycles. The van der Waals surface area contributed by atoms with Gasteiger partial charge in [0.25, 0.3) is 5.56 Å². The van der Waals surface area contributed by atoms with Crippen molar-refractivity contribution in [1.29, 1.82) is 0 Å². The van der Waals surface area contributed by atoms with Gasteiger partial charge in [0.15, 0.2) is 0 Å². The quantitative estimate of drug-likeness (QED) is 0.878. The summed E-state index contributed by atoms with van der Waals surface area (Å²) in [6.45, 7) is 3.11. The minimum Gasteiger partial charge on any atom is -0.478 e. The Morgan fingerprint density at radius 3 is 2.44 bits per heavy atom. The highest BCUT2D eigenvalue weighted by atomic mass is 16.4. The number of piperidine rings is 1. The standard InChI is InChI=1S/C20H24N2O3/c23-19-10-9-17(20(24)25)15-22(19)18(16-7-3-1-4-8-16)11-14-21-12-5-2-6-13-21/h1,3-4,7-10,15,18H,2,5-6,11-14H2,(H,24,25). The number of carboxylic acid groups (broad SMARTS) is 1. The Kier molecular flexibility index (Phi) is 5.66. The molecule has 0 amide bonds. The van der Waals surface area contributed by atoms with Crippen LogP contribution in [0.3, 0.4) is 0 Å². The van der Waals surface area contributed by atoms with Crippen molar-refractivity contribution in [3.8, 4) is 0 Å². The highest BCUT2D eigenvalue weighted by molar-refractivity contribution is 5.87. The lowest BCUT2D eigenvalue weighted by Crippen LogP contribution is -2.33. The summed E-state index contributed by atoms with van der Waals surface area (Å²) in [6, 6.07) is 12.4. The van der Waals surface area contributed by atoms with Crippen molar-refractivity contribution in [2.75, 3.05) is 19.6 Å². The van der Waals surface area contributed by atoms with E-state index in [-0.39, 0.29) is 17.2 Å². The van der Waals surface area contributed by atoms with Gasteiger partial charge in [-0.3, -0.25) is 4.79 Å². The molecule has 0 radical (unpaired) electrons. The number of aromatic nitrogens is 1. The maximum Gasteiger partial charge on any atom is 0.337 e. The van der Waals surface area contributed by atoms with Gasteiger partial charge >= 0.3 is 5.97 Å². The molecule has 1 aromatic carbocycles. The highest BCUT2D eigenvalue weighted by Crippen LogP contribution is 2.22. The third kappa shape index (κ3) is 4.37. The smallest absolute Gasteiger partial charge is 0.337 e. The zero-order chi connectivity index (χ0) is 17.6. The first-order valence-electron chi connectivity index (χ1n) is 8.88. The molecule has 0 aliphatic carbocycles. The van der Waals surface area contributed by atoms with Gasteiger partial charge in [-0.25, -0.2) is 4.79 Å². The van der Waals surface area contributed by atoms with Gasteiger partial charge < -0.3 is 14.6 Å². The molecule has 1 unspecified atom stereocenters. The minimum absolute atomic E-state index is 0.138. The normalized spacial score (nSPS) is 16.5. The zero-order valence-electron chi connectivity index (χ0n) is 14.3. The maximum atomic E-state index is 12.4. The molecule has 1 aliphatic heterocycles. The number of benzene rings is 1. The molecule has 5 nitrogen and oxygen atoms in total. The van der Waals surface area contributed by atoms with Crippen LogP contribution < -0.4 is 5.56 Å². The van der Waals surface area contributed by atoms with Gasteiger partial charge in [-0.2, -0.15) is 0 Å². The molecule has 1 saturated heterocycles. The fraction of sp³-hybridized carbons (Fsp3) is 0.400. The molecule has 132 valence electrons. The van der Waals surface area contributed by atoms with Crippen molar-refractivity contribution in [3.63, 3.8) is 0 Å². The summed E-state index contributed by atoms with van der Waals surface area (Å²) in [5.41, 5.74) is 1.00. The summed E-state index contributed by atoms with van der Waals surface area (Å²) >= 11 is 0. The first kappa shape index (κ1) is 17.4. The van der Waals surface area contributed by atoms with Crippen molar-refractivity contribution in [3.05, 3.63) is 70.1 Å². The molecule has 1 atom stereocenters. The predicted octanol–water partition coefficient (Wildman–Crippen LogP) is 3.01. The van der Waals surface area contributed by atoms with Gasteiger partial charge in [-0.15, -0.1) is 0 Å². The van der Waals surface area contributed by atoms with E-state index in [2.05, 4.69) is 4.90 Å². The molecule has 5 heteroatoms. The van der Waals surface area contributed by atoms with Crippen LogP contribution in [0.25, 0.3) is 0 Å². The summed E-state index contributed by atoms with van der Waals surface area (Å²) in [5, 5.41) is 9.26. The van der Waals surface area contributed by atoms with Crippen molar-refractivity contribution in [2.45, 2.75) is 31.7 Å². The largest absolute Gasteiger partial charge is 0.478 e. The van der Waals surface area contributed by atoms with Crippen molar-refractivity contribution >= 4 is 5.97 Å². The highest BCUT2D eigenvalue weighted by Gasteiger charge is 2.19. The number of rotatable bonds is 6. The molecule has 2 heterocycles. The maximum absolute atomic E-state index is 12.4. The van der Waals surface area contributed by atoms with Crippen LogP contribution in [0.15, 0.2) is 53.5 Å². The minimum atomic E-state index is -1.02. The molecular formula is C20H24N2O3. The Balaban J connectivity index is 1.89. The fourth-order valence-corrected chi connectivity index (χ4v) is 3.50. The Morgan fingerprint density at radius 1 is 1.04 bits per heavy atom. The molecule has 25 heavy (non-hydrogen) atoms. The number of likely N-dealkylation sites (tertiary alicyclic amines) is 1. The van der Waals surface area contributed by atoms with Gasteiger partial charge in [-0.05, 0) is 44.0 Å². The second-order valence-corrected chi connectivity index (χ2v) is 6.59. The monoisotopic (exact) mass is 340 g/mol. The topological polar surface area (TPSA) is 62.5 Å². The number of pyridine rings is 1. The first-order chi connectivity index (χ1) is 12.1. The Labute approximate surface area is 147 Å². The molecule has 0 spiro atoms. The summed E-state index contributed by atoms with van der Waals surface area (Å²) < 4.78 is 1.57. The van der Waals surface area contributed by atoms with E-state index in [1.807, 2.05) is 30.3 Å². The number of carbonyl (C=O) groups is 1. The van der Waals surface area contributed by atoms with E-state index in [4.69, 9.17) is 0 Å². The van der Waals surface area contributed by atoms with Crippen LogP contribution in [0.1, 0.15) is 47.6 Å². The van der Waals surface area contributed by atoms with Crippen LogP contribution in [0.2, 0.25) is 0 Å². The van der Waals surface area contributed by atoms with Crippen molar-refractivity contribution in [1.82, 2.24) is 9.47 Å². The third-order valence-electron chi connectivity index (χ3n) is 4.87. The number of nitrogens with zero attached hydrogens (tertiary/aromatic N) is 2. The summed E-state index contributed by atoms with van der Waals surface area (Å²) in [7, 11) is 0. The summed E-state index contributed by atoms with van der Waals surface area (Å²) in [4.78, 5) is 26.2. The van der Waals surface area contributed by atoms with Crippen molar-refractivity contribution < 1.29 is 9.90 Å². The third-order valence-corrected chi connectivity index (χ3v) is 4.87. The number of aromatic carboxylic acids is 1. The number of hydrogen-bond donors (Lipinski definition) is 1. The molecule has 2 aromatic rings. The second-order valence-electron chi connectivity index (χ2n) is 6.59. The molecule has 1 fully saturated rings. The summed E-state index contributed by atoms with van der Waals surface area (Å²) in [6.07, 6.45) is 6.00. The van der Waals surface area contributed by atoms with Crippen LogP contribution in [0.5, 0.6) is 0 Å². The average Bonchev–Trinajstić information content (AvgIpc) is 2.65. The van der Waals surface area contributed by atoms with E-state index in [0.29, 0.717) is 0 Å². The van der Waals surface area contributed by atoms with E-state index in [9.17, 15) is 14.7 Å². The van der Waals surface area contributed by atoms with Gasteiger partial charge in [0.1, 0.15) is 0 Å². The SMILES string of the molecule is O=C(O)c1ccc(=O)n(C(CCN2CCCCC2)c2ccccc2)c1. The lowest BCUT2D eigenvalue weighted by Gasteiger charge is -2.29. The second kappa shape index (κ2) is 8.12. The molecular weight excluding hydrogens is 316 g/mol. The van der Waals surface area contributed by atoms with Crippen LogP contribution >= 0.6 is 0 Å². The lowest BCUT2D eigenvalue weighted by atomic mass is 10.0. The molecule has 1 aromatic heterocycles. The van der Waals surface area contributed by atoms with Crippen LogP contribution in [-0.4, -0.2) is 40.2 Å². The molecule has 1 N–H and O–H groups in total. The Morgan fingerprint density at radius 2 is 1.76 bits per heavy atom. The Bertz CT molecular complexity index is 764. The van der Waals surface area contributed by atoms with Crippen molar-refractivity contribution in [2.24, 2.45) is 0 Å². The van der Waals surface area contributed by atoms with Gasteiger partial charge in [0.2, 0.25) is 0 Å². The van der Waals surface area contributed by atoms with Gasteiger partial charge in [0, 0.05) is 18.8 Å². The number of hydrogen-bond acceptors (Lipinski definition) is 3. The average molecular weight is 340 g/mol. The van der Waals surface area contributed by atoms with E-state index in [1.54, 1.807) is 4.57 Å². The molecule has 3 rings (SSSR count). The van der Waals surface area contributed by atoms with Gasteiger partial charge in [-0.1, -0.05) is 36.8 Å². The number of carboxylic acids is 1. The lowest BCUT2D eigenvalue weighted by molar-refractivity contribution is 0.0695. The fourth-order valence-electron chi connectivity index (χ4n) is 3.50. The van der Waals surface area contributed by atoms with Crippen LogP contribution in [0, 0.1) is 0 Å². The van der Waals surface area contributed by atoms with E-state index < -0.39 is 5.97 Å². The molecule has 0 bridgehead atoms. The first-order valence-corrected chi connectivity index (χ1v) is 8.88. The van der Waals surface area contributed by atoms with Gasteiger partial charge in [0.05, 0.1) is 11.6 Å². The van der Waals surface area contributed by atoms with Crippen LogP contribution in [0.4, 0.5) is 0 Å². The predicted molar refractivity (Wildman–Crippen MR) is 97.2 cm³/mol. The van der Waals surface area contributed by atoms with Crippen LogP contribution in [-0.2, 0) is 0 Å². The zero-order valence-corrected chi connectivity index (χ0v) is 14.3. The summed E-state index contributed by atoms with van der Waals surface area (Å²) in [5.74, 6) is -1.02. The Hall–Kier alpha value is -2.40. The van der Waals surface area contributed by atoms with E-state index in [1.165, 1.54) is 37.6 Å². The van der Waals surface area contributed by atoms with E-state index in [0.717, 1.165) is 31.6 Å².